The van der Waals surface area contributed by atoms with Gasteiger partial charge in [0.2, 0.25) is 0 Å². The molecule has 7 heteroatoms. The van der Waals surface area contributed by atoms with E-state index in [0.717, 1.165) is 16.9 Å². The van der Waals surface area contributed by atoms with Crippen LogP contribution in [0.4, 0.5) is 5.69 Å². The van der Waals surface area contributed by atoms with Crippen LogP contribution in [0.3, 0.4) is 0 Å². The van der Waals surface area contributed by atoms with Crippen molar-refractivity contribution in [3.63, 3.8) is 0 Å². The zero-order valence-electron chi connectivity index (χ0n) is 19.9. The monoisotopic (exact) mass is 486 g/mol. The Labute approximate surface area is 209 Å². The van der Waals surface area contributed by atoms with Gasteiger partial charge in [-0.15, -0.1) is 0 Å². The summed E-state index contributed by atoms with van der Waals surface area (Å²) < 4.78 is 10.9. The SMILES string of the molecule is CCOC(=O)c1ccc(N=C2S/C(=C\c3ccc(OCc4cccc(C)c4)cc3)C(=O)N2C)cc1. The second-order valence-electron chi connectivity index (χ2n) is 7.98. The first-order valence-electron chi connectivity index (χ1n) is 11.2. The number of aliphatic imine (C=N–C) groups is 1. The van der Waals surface area contributed by atoms with Gasteiger partial charge in [0.1, 0.15) is 12.4 Å². The van der Waals surface area contributed by atoms with Gasteiger partial charge in [0.15, 0.2) is 5.17 Å². The summed E-state index contributed by atoms with van der Waals surface area (Å²) in [5.41, 5.74) is 4.34. The van der Waals surface area contributed by atoms with Crippen LogP contribution in [-0.2, 0) is 16.1 Å². The molecular weight excluding hydrogens is 460 g/mol. The van der Waals surface area contributed by atoms with E-state index >= 15 is 0 Å². The van der Waals surface area contributed by atoms with E-state index in [1.54, 1.807) is 38.2 Å². The highest BCUT2D eigenvalue weighted by molar-refractivity contribution is 8.18. The highest BCUT2D eigenvalue weighted by Gasteiger charge is 2.30. The van der Waals surface area contributed by atoms with Crippen molar-refractivity contribution < 1.29 is 19.1 Å². The minimum atomic E-state index is -0.369. The molecule has 0 bridgehead atoms. The first-order chi connectivity index (χ1) is 16.9. The molecular formula is C28H26N2O4S. The predicted octanol–water partition coefficient (Wildman–Crippen LogP) is 5.98. The number of thioether (sulfide) groups is 1. The van der Waals surface area contributed by atoms with Crippen LogP contribution in [0.2, 0.25) is 0 Å². The third-order valence-corrected chi connectivity index (χ3v) is 6.33. The molecule has 1 fully saturated rings. The Hall–Kier alpha value is -3.84. The van der Waals surface area contributed by atoms with Gasteiger partial charge in [-0.2, -0.15) is 0 Å². The lowest BCUT2D eigenvalue weighted by atomic mass is 10.1. The fraction of sp³-hybridized carbons (Fsp3) is 0.179. The number of hydrogen-bond acceptors (Lipinski definition) is 6. The van der Waals surface area contributed by atoms with Crippen LogP contribution >= 0.6 is 11.8 Å². The molecule has 178 valence electrons. The number of carbonyl (C=O) groups excluding carboxylic acids is 2. The van der Waals surface area contributed by atoms with Crippen LogP contribution < -0.4 is 4.74 Å². The second kappa shape index (κ2) is 11.1. The molecule has 4 rings (SSSR count). The molecule has 0 spiro atoms. The quantitative estimate of drug-likeness (QED) is 0.303. The molecule has 3 aromatic rings. The largest absolute Gasteiger partial charge is 0.489 e. The smallest absolute Gasteiger partial charge is 0.338 e. The van der Waals surface area contributed by atoms with Gasteiger partial charge < -0.3 is 9.47 Å². The summed E-state index contributed by atoms with van der Waals surface area (Å²) >= 11 is 1.31. The van der Waals surface area contributed by atoms with Crippen molar-refractivity contribution in [2.75, 3.05) is 13.7 Å². The van der Waals surface area contributed by atoms with Gasteiger partial charge in [-0.05, 0) is 79.2 Å². The fourth-order valence-electron chi connectivity index (χ4n) is 3.43. The summed E-state index contributed by atoms with van der Waals surface area (Å²) in [6, 6.07) is 22.7. The number of esters is 1. The summed E-state index contributed by atoms with van der Waals surface area (Å²) in [5.74, 6) is 0.285. The standard InChI is InChI=1S/C28H26N2O4S/c1-4-33-27(32)22-10-12-23(13-11-22)29-28-30(3)26(31)25(35-28)17-20-8-14-24(15-9-20)34-18-21-7-5-6-19(2)16-21/h5-17H,4,18H2,1-3H3/b25-17-,29-28?. The number of rotatable bonds is 7. The Morgan fingerprint density at radius 1 is 1.06 bits per heavy atom. The molecule has 0 N–H and O–H groups in total. The van der Waals surface area contributed by atoms with Crippen LogP contribution in [0.25, 0.3) is 6.08 Å². The predicted molar refractivity (Wildman–Crippen MR) is 140 cm³/mol. The number of hydrogen-bond donors (Lipinski definition) is 0. The molecule has 0 aliphatic carbocycles. The summed E-state index contributed by atoms with van der Waals surface area (Å²) in [5, 5.41) is 0.572. The Balaban J connectivity index is 1.42. The number of amides is 1. The topological polar surface area (TPSA) is 68.2 Å². The van der Waals surface area contributed by atoms with Crippen LogP contribution in [0.15, 0.2) is 82.7 Å². The molecule has 0 aromatic heterocycles. The highest BCUT2D eigenvalue weighted by Crippen LogP contribution is 2.33. The second-order valence-corrected chi connectivity index (χ2v) is 8.99. The van der Waals surface area contributed by atoms with Crippen LogP contribution in [-0.4, -0.2) is 35.6 Å². The minimum absolute atomic E-state index is 0.114. The van der Waals surface area contributed by atoms with Gasteiger partial charge in [0.25, 0.3) is 5.91 Å². The number of nitrogens with zero attached hydrogens (tertiary/aromatic N) is 2. The third kappa shape index (κ3) is 6.19. The van der Waals surface area contributed by atoms with Gasteiger partial charge in [-0.25, -0.2) is 9.79 Å². The molecule has 35 heavy (non-hydrogen) atoms. The van der Waals surface area contributed by atoms with Crippen molar-refractivity contribution >= 4 is 40.6 Å². The number of likely N-dealkylation sites (N-methyl/N-ethyl adjacent to an activating group) is 1. The molecule has 1 aliphatic heterocycles. The number of aryl methyl sites for hydroxylation is 1. The maximum Gasteiger partial charge on any atom is 0.338 e. The van der Waals surface area contributed by atoms with E-state index in [4.69, 9.17) is 9.47 Å². The van der Waals surface area contributed by atoms with Crippen molar-refractivity contribution in [1.82, 2.24) is 4.90 Å². The Morgan fingerprint density at radius 3 is 2.49 bits per heavy atom. The van der Waals surface area contributed by atoms with Crippen LogP contribution in [0.1, 0.15) is 34.0 Å². The molecule has 6 nitrogen and oxygen atoms in total. The van der Waals surface area contributed by atoms with Crippen LogP contribution in [0.5, 0.6) is 5.75 Å². The first-order valence-corrected chi connectivity index (χ1v) is 12.1. The summed E-state index contributed by atoms with van der Waals surface area (Å²) in [6.45, 7) is 4.65. The molecule has 3 aromatic carbocycles. The van der Waals surface area contributed by atoms with Gasteiger partial charge >= 0.3 is 5.97 Å². The van der Waals surface area contributed by atoms with Crippen LogP contribution in [0, 0.1) is 6.92 Å². The zero-order chi connectivity index (χ0) is 24.8. The van der Waals surface area contributed by atoms with Gasteiger partial charge in [-0.3, -0.25) is 9.69 Å². The normalized spacial score (nSPS) is 15.6. The van der Waals surface area contributed by atoms with Crippen molar-refractivity contribution in [2.45, 2.75) is 20.5 Å². The van der Waals surface area contributed by atoms with Crippen molar-refractivity contribution in [3.8, 4) is 5.75 Å². The number of ether oxygens (including phenoxy) is 2. The molecule has 1 heterocycles. The number of benzene rings is 3. The van der Waals surface area contributed by atoms with E-state index in [1.165, 1.54) is 22.2 Å². The summed E-state index contributed by atoms with van der Waals surface area (Å²) in [4.78, 5) is 31.2. The fourth-order valence-corrected chi connectivity index (χ4v) is 4.42. The van der Waals surface area contributed by atoms with E-state index < -0.39 is 0 Å². The Morgan fingerprint density at radius 2 is 1.80 bits per heavy atom. The minimum Gasteiger partial charge on any atom is -0.489 e. The van der Waals surface area contributed by atoms with Crippen molar-refractivity contribution in [1.29, 1.82) is 0 Å². The lowest BCUT2D eigenvalue weighted by molar-refractivity contribution is -0.121. The van der Waals surface area contributed by atoms with Gasteiger partial charge in [-0.1, -0.05) is 42.0 Å². The molecule has 1 amide bonds. The average Bonchev–Trinajstić information content (AvgIpc) is 3.12. The maximum atomic E-state index is 12.7. The van der Waals surface area contributed by atoms with Crippen molar-refractivity contribution in [3.05, 3.63) is 100.0 Å². The molecule has 0 atom stereocenters. The molecule has 1 aliphatic rings. The van der Waals surface area contributed by atoms with E-state index in [9.17, 15) is 9.59 Å². The maximum absolute atomic E-state index is 12.7. The van der Waals surface area contributed by atoms with Crippen molar-refractivity contribution in [2.24, 2.45) is 4.99 Å². The number of amidine groups is 1. The lowest BCUT2D eigenvalue weighted by Gasteiger charge is -2.07. The van der Waals surface area contributed by atoms with E-state index in [0.29, 0.717) is 34.5 Å². The zero-order valence-corrected chi connectivity index (χ0v) is 20.7. The summed E-state index contributed by atoms with van der Waals surface area (Å²) in [7, 11) is 1.70. The van der Waals surface area contributed by atoms with E-state index in [2.05, 4.69) is 24.0 Å². The highest BCUT2D eigenvalue weighted by atomic mass is 32.2. The number of carbonyl (C=O) groups is 2. The molecule has 0 radical (unpaired) electrons. The molecule has 0 saturated carbocycles. The lowest BCUT2D eigenvalue weighted by Crippen LogP contribution is -2.23. The Bertz CT molecular complexity index is 1280. The van der Waals surface area contributed by atoms with E-state index in [1.807, 2.05) is 42.5 Å². The molecule has 0 unspecified atom stereocenters. The molecule has 1 saturated heterocycles. The average molecular weight is 487 g/mol. The summed E-state index contributed by atoms with van der Waals surface area (Å²) in [6.07, 6.45) is 1.85. The van der Waals surface area contributed by atoms with E-state index in [-0.39, 0.29) is 11.9 Å². The Kier molecular flexibility index (Phi) is 7.67. The third-order valence-electron chi connectivity index (χ3n) is 5.27. The van der Waals surface area contributed by atoms with Gasteiger partial charge in [0, 0.05) is 7.05 Å². The first kappa shape index (κ1) is 24.3. The van der Waals surface area contributed by atoms with Gasteiger partial charge in [0.05, 0.1) is 22.8 Å².